The second-order valence-corrected chi connectivity index (χ2v) is 4.08. The lowest BCUT2D eigenvalue weighted by Crippen LogP contribution is -2.12. The van der Waals surface area contributed by atoms with Gasteiger partial charge in [0, 0.05) is 11.9 Å². The van der Waals surface area contributed by atoms with Gasteiger partial charge in [-0.15, -0.1) is 6.58 Å². The smallest absolute Gasteiger partial charge is 0.241 e. The van der Waals surface area contributed by atoms with Crippen LogP contribution in [0.5, 0.6) is 0 Å². The molecule has 0 saturated carbocycles. The van der Waals surface area contributed by atoms with Gasteiger partial charge in [-0.2, -0.15) is 4.98 Å². The number of fused-ring (bicyclic) bond motifs is 1. The van der Waals surface area contributed by atoms with E-state index >= 15 is 0 Å². The van der Waals surface area contributed by atoms with Gasteiger partial charge in [0.05, 0.1) is 6.54 Å². The molecule has 1 N–H and O–H groups in total. The Balaban J connectivity index is 1.83. The zero-order valence-corrected chi connectivity index (χ0v) is 10.3. The number of benzene rings is 1. The molecule has 0 spiro atoms. The largest absolute Gasteiger partial charge is 0.453 e. The monoisotopic (exact) mass is 255 g/mol. The minimum atomic E-state index is 0.464. The van der Waals surface area contributed by atoms with E-state index in [1.54, 1.807) is 6.08 Å². The highest BCUT2D eigenvalue weighted by Crippen LogP contribution is 2.25. The van der Waals surface area contributed by atoms with Gasteiger partial charge in [0.15, 0.2) is 5.76 Å². The fourth-order valence-electron chi connectivity index (χ4n) is 1.80. The van der Waals surface area contributed by atoms with E-state index in [1.165, 1.54) is 0 Å². The first kappa shape index (κ1) is 11.7. The first-order valence-corrected chi connectivity index (χ1v) is 6.00. The first-order valence-electron chi connectivity index (χ1n) is 6.00. The van der Waals surface area contributed by atoms with Crippen LogP contribution in [0.25, 0.3) is 22.6 Å². The zero-order valence-electron chi connectivity index (χ0n) is 10.3. The van der Waals surface area contributed by atoms with Gasteiger partial charge >= 0.3 is 0 Å². The molecule has 2 aromatic heterocycles. The molecule has 0 atom stereocenters. The van der Waals surface area contributed by atoms with Crippen LogP contribution in [0.1, 0.15) is 5.89 Å². The Labute approximate surface area is 109 Å². The molecule has 0 radical (unpaired) electrons. The van der Waals surface area contributed by atoms with E-state index in [2.05, 4.69) is 22.0 Å². The lowest BCUT2D eigenvalue weighted by Gasteiger charge is -1.93. The van der Waals surface area contributed by atoms with E-state index in [1.807, 2.05) is 30.3 Å². The summed E-state index contributed by atoms with van der Waals surface area (Å²) < 4.78 is 10.8. The fraction of sp³-hybridized carbons (Fsp3) is 0.143. The van der Waals surface area contributed by atoms with Crippen LogP contribution in [-0.4, -0.2) is 16.7 Å². The molecular formula is C14H13N3O2. The van der Waals surface area contributed by atoms with Gasteiger partial charge in [0.2, 0.25) is 11.7 Å². The molecule has 1 aromatic carbocycles. The van der Waals surface area contributed by atoms with Crippen LogP contribution in [0.2, 0.25) is 0 Å². The van der Waals surface area contributed by atoms with Crippen molar-refractivity contribution in [3.05, 3.63) is 48.9 Å². The number of hydrogen-bond acceptors (Lipinski definition) is 5. The summed E-state index contributed by atoms with van der Waals surface area (Å²) >= 11 is 0. The van der Waals surface area contributed by atoms with Gasteiger partial charge in [-0.25, -0.2) is 0 Å². The highest BCUT2D eigenvalue weighted by atomic mass is 16.5. The molecule has 0 aliphatic rings. The van der Waals surface area contributed by atoms with Crippen molar-refractivity contribution in [2.75, 3.05) is 6.54 Å². The lowest BCUT2D eigenvalue weighted by molar-refractivity contribution is 0.369. The summed E-state index contributed by atoms with van der Waals surface area (Å²) in [5.41, 5.74) is 0.814. The Morgan fingerprint density at radius 2 is 2.21 bits per heavy atom. The molecule has 0 fully saturated rings. The van der Waals surface area contributed by atoms with Crippen molar-refractivity contribution in [3.63, 3.8) is 0 Å². The SMILES string of the molecule is C=CCNCc1nc(-c2cc3ccccc3o2)no1. The minimum Gasteiger partial charge on any atom is -0.453 e. The van der Waals surface area contributed by atoms with Crippen LogP contribution in [0.3, 0.4) is 0 Å². The highest BCUT2D eigenvalue weighted by Gasteiger charge is 2.12. The fourth-order valence-corrected chi connectivity index (χ4v) is 1.80. The zero-order chi connectivity index (χ0) is 13.1. The summed E-state index contributed by atoms with van der Waals surface area (Å²) in [5.74, 6) is 1.60. The molecule has 0 aliphatic carbocycles. The number of hydrogen-bond donors (Lipinski definition) is 1. The molecule has 0 saturated heterocycles. The average Bonchev–Trinajstić information content (AvgIpc) is 3.04. The van der Waals surface area contributed by atoms with E-state index in [4.69, 9.17) is 8.94 Å². The van der Waals surface area contributed by atoms with E-state index < -0.39 is 0 Å². The van der Waals surface area contributed by atoms with Crippen LogP contribution in [-0.2, 0) is 6.54 Å². The number of nitrogens with one attached hydrogen (secondary N) is 1. The number of aromatic nitrogens is 2. The van der Waals surface area contributed by atoms with Gasteiger partial charge in [-0.3, -0.25) is 0 Å². The van der Waals surface area contributed by atoms with Gasteiger partial charge in [0.1, 0.15) is 5.58 Å². The Morgan fingerprint density at radius 3 is 3.05 bits per heavy atom. The molecule has 19 heavy (non-hydrogen) atoms. The number of furan rings is 1. The van der Waals surface area contributed by atoms with Crippen molar-refractivity contribution in [2.45, 2.75) is 6.54 Å². The molecule has 0 bridgehead atoms. The summed E-state index contributed by atoms with van der Waals surface area (Å²) in [5, 5.41) is 8.03. The third kappa shape index (κ3) is 2.41. The van der Waals surface area contributed by atoms with Gasteiger partial charge in [-0.05, 0) is 12.1 Å². The molecule has 0 amide bonds. The molecule has 3 rings (SSSR count). The van der Waals surface area contributed by atoms with Crippen LogP contribution < -0.4 is 5.32 Å². The van der Waals surface area contributed by atoms with Crippen molar-refractivity contribution < 1.29 is 8.94 Å². The van der Waals surface area contributed by atoms with Gasteiger partial charge < -0.3 is 14.3 Å². The maximum atomic E-state index is 5.67. The van der Waals surface area contributed by atoms with Crippen molar-refractivity contribution in [3.8, 4) is 11.6 Å². The van der Waals surface area contributed by atoms with Crippen molar-refractivity contribution in [1.29, 1.82) is 0 Å². The highest BCUT2D eigenvalue weighted by molar-refractivity contribution is 5.81. The van der Waals surface area contributed by atoms with Crippen molar-refractivity contribution >= 4 is 11.0 Å². The Bertz CT molecular complexity index is 666. The Morgan fingerprint density at radius 1 is 1.32 bits per heavy atom. The standard InChI is InChI=1S/C14H13N3O2/c1-2-7-15-9-13-16-14(17-19-13)12-8-10-5-3-4-6-11(10)18-12/h2-6,8,15H,1,7,9H2. The third-order valence-electron chi connectivity index (χ3n) is 2.68. The summed E-state index contributed by atoms with van der Waals surface area (Å²) in [7, 11) is 0. The summed E-state index contributed by atoms with van der Waals surface area (Å²) in [6.45, 7) is 4.83. The van der Waals surface area contributed by atoms with Crippen molar-refractivity contribution in [2.24, 2.45) is 0 Å². The van der Waals surface area contributed by atoms with Crippen LogP contribution in [0.4, 0.5) is 0 Å². The molecule has 5 heteroatoms. The van der Waals surface area contributed by atoms with E-state index in [0.29, 0.717) is 30.6 Å². The van der Waals surface area contributed by atoms with Crippen molar-refractivity contribution in [1.82, 2.24) is 15.5 Å². The van der Waals surface area contributed by atoms with Gasteiger partial charge in [-0.1, -0.05) is 29.4 Å². The van der Waals surface area contributed by atoms with Gasteiger partial charge in [0.25, 0.3) is 0 Å². The summed E-state index contributed by atoms with van der Waals surface area (Å²) in [4.78, 5) is 4.28. The van der Waals surface area contributed by atoms with E-state index in [0.717, 1.165) is 11.0 Å². The Kier molecular flexibility index (Phi) is 3.12. The van der Waals surface area contributed by atoms with Crippen LogP contribution in [0, 0.1) is 0 Å². The van der Waals surface area contributed by atoms with E-state index in [9.17, 15) is 0 Å². The normalized spacial score (nSPS) is 10.9. The predicted octanol–water partition coefficient (Wildman–Crippen LogP) is 2.76. The second-order valence-electron chi connectivity index (χ2n) is 4.08. The Hall–Kier alpha value is -2.40. The third-order valence-corrected chi connectivity index (χ3v) is 2.68. The number of rotatable bonds is 5. The molecular weight excluding hydrogens is 242 g/mol. The van der Waals surface area contributed by atoms with E-state index in [-0.39, 0.29) is 0 Å². The molecule has 0 aliphatic heterocycles. The minimum absolute atomic E-state index is 0.464. The second kappa shape index (κ2) is 5.07. The lowest BCUT2D eigenvalue weighted by atomic mass is 10.2. The molecule has 2 heterocycles. The first-order chi connectivity index (χ1) is 9.36. The summed E-state index contributed by atoms with van der Waals surface area (Å²) in [6.07, 6.45) is 1.77. The quantitative estimate of drug-likeness (QED) is 0.561. The van der Waals surface area contributed by atoms with Crippen LogP contribution in [0.15, 0.2) is 51.9 Å². The molecule has 3 aromatic rings. The predicted molar refractivity (Wildman–Crippen MR) is 71.4 cm³/mol. The molecule has 0 unspecified atom stereocenters. The van der Waals surface area contributed by atoms with Crippen LogP contribution >= 0.6 is 0 Å². The maximum Gasteiger partial charge on any atom is 0.241 e. The summed E-state index contributed by atoms with van der Waals surface area (Å²) in [6, 6.07) is 9.68. The molecule has 96 valence electrons. The maximum absolute atomic E-state index is 5.67. The number of nitrogens with zero attached hydrogens (tertiary/aromatic N) is 2. The number of para-hydroxylation sites is 1. The topological polar surface area (TPSA) is 64.1 Å². The molecule has 5 nitrogen and oxygen atoms in total. The average molecular weight is 255 g/mol.